The number of rotatable bonds is 6. The van der Waals surface area contributed by atoms with E-state index < -0.39 is 0 Å². The van der Waals surface area contributed by atoms with Gasteiger partial charge in [0.05, 0.1) is 19.8 Å². The summed E-state index contributed by atoms with van der Waals surface area (Å²) in [7, 11) is 0. The van der Waals surface area contributed by atoms with E-state index >= 15 is 0 Å². The lowest BCUT2D eigenvalue weighted by Crippen LogP contribution is -2.38. The molecule has 0 amide bonds. The van der Waals surface area contributed by atoms with Crippen LogP contribution in [0.2, 0.25) is 0 Å². The minimum atomic E-state index is 0.0297. The third kappa shape index (κ3) is 3.78. The average Bonchev–Trinajstić information content (AvgIpc) is 3.18. The molecule has 0 spiro atoms. The van der Waals surface area contributed by atoms with Crippen molar-refractivity contribution in [1.29, 1.82) is 0 Å². The van der Waals surface area contributed by atoms with E-state index in [1.165, 1.54) is 0 Å². The van der Waals surface area contributed by atoms with Crippen LogP contribution in [0.25, 0.3) is 0 Å². The van der Waals surface area contributed by atoms with E-state index in [0.717, 1.165) is 70.9 Å². The van der Waals surface area contributed by atoms with Gasteiger partial charge in [-0.05, 0) is 42.8 Å². The Morgan fingerprint density at radius 1 is 1.19 bits per heavy atom. The molecule has 7 nitrogen and oxygen atoms in total. The molecule has 2 aliphatic rings. The Hall–Kier alpha value is -1.05. The number of unbranched alkanes of at least 4 members (excludes halogenated alkanes) is 1. The fourth-order valence-corrected chi connectivity index (χ4v) is 3.05. The molecule has 7 heteroatoms. The number of nitrogens with zero attached hydrogens (tertiary/aromatic N) is 5. The Morgan fingerprint density at radius 2 is 1.95 bits per heavy atom. The van der Waals surface area contributed by atoms with Crippen molar-refractivity contribution in [3.05, 3.63) is 5.82 Å². The quantitative estimate of drug-likeness (QED) is 0.782. The van der Waals surface area contributed by atoms with Gasteiger partial charge in [-0.2, -0.15) is 0 Å². The van der Waals surface area contributed by atoms with Crippen LogP contribution in [0.5, 0.6) is 0 Å². The highest BCUT2D eigenvalue weighted by Crippen LogP contribution is 2.26. The van der Waals surface area contributed by atoms with Gasteiger partial charge < -0.3 is 9.47 Å². The van der Waals surface area contributed by atoms with Gasteiger partial charge in [0.1, 0.15) is 0 Å². The maximum Gasteiger partial charge on any atom is 0.165 e. The lowest BCUT2D eigenvalue weighted by molar-refractivity contribution is -0.0979. The molecule has 0 unspecified atom stereocenters. The highest BCUT2D eigenvalue weighted by Gasteiger charge is 2.30. The van der Waals surface area contributed by atoms with Crippen LogP contribution >= 0.6 is 0 Å². The van der Waals surface area contributed by atoms with Gasteiger partial charge in [0.2, 0.25) is 0 Å². The number of aromatic nitrogens is 4. The molecule has 0 saturated carbocycles. The number of ether oxygens (including phenoxy) is 2. The molecule has 3 heterocycles. The maximum atomic E-state index is 5.62. The third-order valence-corrected chi connectivity index (χ3v) is 4.36. The first-order valence-corrected chi connectivity index (χ1v) is 8.07. The van der Waals surface area contributed by atoms with E-state index in [1.807, 2.05) is 4.68 Å². The van der Waals surface area contributed by atoms with Gasteiger partial charge in [0.15, 0.2) is 12.1 Å². The van der Waals surface area contributed by atoms with Crippen molar-refractivity contribution < 1.29 is 9.47 Å². The van der Waals surface area contributed by atoms with E-state index in [2.05, 4.69) is 27.3 Å². The van der Waals surface area contributed by atoms with Gasteiger partial charge in [0.25, 0.3) is 0 Å². The summed E-state index contributed by atoms with van der Waals surface area (Å²) in [6.07, 6.45) is 4.56. The molecule has 118 valence electrons. The first kappa shape index (κ1) is 14.9. The predicted octanol–water partition coefficient (Wildman–Crippen LogP) is 1.06. The molecule has 0 radical (unpaired) electrons. The smallest absolute Gasteiger partial charge is 0.165 e. The van der Waals surface area contributed by atoms with Crippen molar-refractivity contribution in [1.82, 2.24) is 25.1 Å². The van der Waals surface area contributed by atoms with E-state index in [1.54, 1.807) is 0 Å². The van der Waals surface area contributed by atoms with Crippen LogP contribution in [-0.2, 0) is 22.6 Å². The number of tetrazole rings is 1. The second-order valence-electron chi connectivity index (χ2n) is 5.90. The van der Waals surface area contributed by atoms with Crippen LogP contribution in [-0.4, -0.2) is 57.7 Å². The summed E-state index contributed by atoms with van der Waals surface area (Å²) in [6.45, 7) is 7.56. The van der Waals surface area contributed by atoms with Crippen molar-refractivity contribution in [2.24, 2.45) is 5.92 Å². The molecule has 0 aromatic carbocycles. The summed E-state index contributed by atoms with van der Waals surface area (Å²) in [6, 6.07) is 0. The molecule has 2 fully saturated rings. The maximum absolute atomic E-state index is 5.62. The Bertz CT molecular complexity index is 425. The molecule has 1 aromatic rings. The SMILES string of the molecule is CCCCn1nnnc1CN1CCC(C2OCCO2)CC1. The number of aryl methyl sites for hydroxylation is 1. The molecule has 2 aliphatic heterocycles. The van der Waals surface area contributed by atoms with Crippen LogP contribution in [0.4, 0.5) is 0 Å². The normalized spacial score (nSPS) is 22.1. The number of hydrogen-bond acceptors (Lipinski definition) is 6. The van der Waals surface area contributed by atoms with Crippen molar-refractivity contribution in [2.45, 2.75) is 52.0 Å². The van der Waals surface area contributed by atoms with Crippen LogP contribution < -0.4 is 0 Å². The van der Waals surface area contributed by atoms with Gasteiger partial charge in [-0.1, -0.05) is 13.3 Å². The number of hydrogen-bond donors (Lipinski definition) is 0. The summed E-state index contributed by atoms with van der Waals surface area (Å²) in [5.41, 5.74) is 0. The van der Waals surface area contributed by atoms with Gasteiger partial charge in [-0.3, -0.25) is 4.90 Å². The molecule has 0 atom stereocenters. The first-order valence-electron chi connectivity index (χ1n) is 8.07. The van der Waals surface area contributed by atoms with Gasteiger partial charge >= 0.3 is 0 Å². The van der Waals surface area contributed by atoms with Crippen molar-refractivity contribution >= 4 is 0 Å². The Morgan fingerprint density at radius 3 is 2.67 bits per heavy atom. The minimum absolute atomic E-state index is 0.0297. The highest BCUT2D eigenvalue weighted by molar-refractivity contribution is 4.84. The third-order valence-electron chi connectivity index (χ3n) is 4.36. The fraction of sp³-hybridized carbons (Fsp3) is 0.929. The summed E-state index contributed by atoms with van der Waals surface area (Å²) >= 11 is 0. The summed E-state index contributed by atoms with van der Waals surface area (Å²) in [5.74, 6) is 1.52. The number of piperidine rings is 1. The van der Waals surface area contributed by atoms with Crippen LogP contribution in [0.3, 0.4) is 0 Å². The zero-order chi connectivity index (χ0) is 14.5. The van der Waals surface area contributed by atoms with Gasteiger partial charge in [0, 0.05) is 12.5 Å². The minimum Gasteiger partial charge on any atom is -0.350 e. The Balaban J connectivity index is 1.47. The van der Waals surface area contributed by atoms with E-state index in [0.29, 0.717) is 5.92 Å². The zero-order valence-corrected chi connectivity index (χ0v) is 12.8. The Labute approximate surface area is 125 Å². The lowest BCUT2D eigenvalue weighted by Gasteiger charge is -2.33. The van der Waals surface area contributed by atoms with Crippen molar-refractivity contribution in [3.63, 3.8) is 0 Å². The zero-order valence-electron chi connectivity index (χ0n) is 12.8. The molecular formula is C14H25N5O2. The first-order chi connectivity index (χ1) is 10.4. The molecule has 21 heavy (non-hydrogen) atoms. The standard InChI is InChI=1S/C14H25N5O2/c1-2-3-6-19-13(15-16-17-19)11-18-7-4-12(5-8-18)14-20-9-10-21-14/h12,14H,2-11H2,1H3. The highest BCUT2D eigenvalue weighted by atomic mass is 16.7. The molecular weight excluding hydrogens is 270 g/mol. The largest absolute Gasteiger partial charge is 0.350 e. The van der Waals surface area contributed by atoms with Crippen molar-refractivity contribution in [2.75, 3.05) is 26.3 Å². The molecule has 2 saturated heterocycles. The summed E-state index contributed by atoms with van der Waals surface area (Å²) in [4.78, 5) is 2.43. The lowest BCUT2D eigenvalue weighted by atomic mass is 9.96. The molecule has 0 bridgehead atoms. The van der Waals surface area contributed by atoms with E-state index in [9.17, 15) is 0 Å². The van der Waals surface area contributed by atoms with Crippen LogP contribution in [0.15, 0.2) is 0 Å². The topological polar surface area (TPSA) is 65.3 Å². The van der Waals surface area contributed by atoms with Crippen LogP contribution in [0.1, 0.15) is 38.4 Å². The monoisotopic (exact) mass is 295 g/mol. The second kappa shape index (κ2) is 7.29. The summed E-state index contributed by atoms with van der Waals surface area (Å²) in [5, 5.41) is 12.1. The molecule has 0 N–H and O–H groups in total. The van der Waals surface area contributed by atoms with Crippen LogP contribution in [0, 0.1) is 5.92 Å². The van der Waals surface area contributed by atoms with E-state index in [-0.39, 0.29) is 6.29 Å². The predicted molar refractivity (Wildman–Crippen MR) is 76.4 cm³/mol. The number of likely N-dealkylation sites (tertiary alicyclic amines) is 1. The Kier molecular flexibility index (Phi) is 5.16. The summed E-state index contributed by atoms with van der Waals surface area (Å²) < 4.78 is 13.2. The molecule has 1 aromatic heterocycles. The van der Waals surface area contributed by atoms with Crippen molar-refractivity contribution in [3.8, 4) is 0 Å². The molecule has 3 rings (SSSR count). The fourth-order valence-electron chi connectivity index (χ4n) is 3.05. The molecule has 0 aliphatic carbocycles. The second-order valence-corrected chi connectivity index (χ2v) is 5.90. The van der Waals surface area contributed by atoms with Gasteiger partial charge in [-0.15, -0.1) is 5.10 Å². The van der Waals surface area contributed by atoms with E-state index in [4.69, 9.17) is 9.47 Å². The van der Waals surface area contributed by atoms with Gasteiger partial charge in [-0.25, -0.2) is 4.68 Å². The average molecular weight is 295 g/mol.